The van der Waals surface area contributed by atoms with Crippen LogP contribution in [0.15, 0.2) is 30.3 Å². The van der Waals surface area contributed by atoms with Crippen LogP contribution in [0.25, 0.3) is 0 Å². The number of unbranched alkanes of at least 4 members (excludes halogenated alkanes) is 2. The molecule has 1 rings (SSSR count). The average molecular weight is 591 g/mol. The lowest BCUT2D eigenvalue weighted by molar-refractivity contribution is -0.143. The average Bonchev–Trinajstić information content (AvgIpc) is 2.90. The maximum Gasteiger partial charge on any atom is 0.305 e. The van der Waals surface area contributed by atoms with E-state index < -0.39 is 90.6 Å². The monoisotopic (exact) mass is 590 g/mol. The van der Waals surface area contributed by atoms with Gasteiger partial charge in [-0.15, -0.1) is 0 Å². The Balaban J connectivity index is 2.88. The molecule has 0 radical (unpaired) electrons. The molecule has 0 bridgehead atoms. The van der Waals surface area contributed by atoms with Crippen molar-refractivity contribution in [1.29, 1.82) is 0 Å². The lowest BCUT2D eigenvalue weighted by Crippen LogP contribution is -2.57. The first-order valence-electron chi connectivity index (χ1n) is 13.9. The van der Waals surface area contributed by atoms with Gasteiger partial charge < -0.3 is 31.9 Å². The van der Waals surface area contributed by atoms with Gasteiger partial charge in [0.15, 0.2) is 11.6 Å². The first kappa shape index (κ1) is 35.9. The number of aryl methyl sites for hydroxylation is 1. The number of aliphatic carboxylic acids is 2. The van der Waals surface area contributed by atoms with Gasteiger partial charge in [-0.3, -0.25) is 33.6 Å². The molecule has 1 aromatic rings. The van der Waals surface area contributed by atoms with Gasteiger partial charge in [0.2, 0.25) is 17.7 Å². The maximum atomic E-state index is 13.1. The van der Waals surface area contributed by atoms with E-state index in [0.717, 1.165) is 26.2 Å². The van der Waals surface area contributed by atoms with E-state index in [-0.39, 0.29) is 6.42 Å². The molecule has 0 aliphatic heterocycles. The van der Waals surface area contributed by atoms with E-state index in [1.54, 1.807) is 13.8 Å². The number of benzene rings is 1. The normalized spacial score (nSPS) is 13.7. The molecule has 42 heavy (non-hydrogen) atoms. The fourth-order valence-electron chi connectivity index (χ4n) is 4.33. The fraction of sp³-hybridized carbons (Fsp3) is 0.552. The fourth-order valence-corrected chi connectivity index (χ4v) is 4.33. The van der Waals surface area contributed by atoms with Gasteiger partial charge in [0.25, 0.3) is 0 Å². The van der Waals surface area contributed by atoms with Crippen LogP contribution in [0.1, 0.15) is 64.9 Å². The highest BCUT2D eigenvalue weighted by atomic mass is 16.4. The number of amides is 3. The van der Waals surface area contributed by atoms with E-state index in [9.17, 15) is 38.7 Å². The van der Waals surface area contributed by atoms with Crippen molar-refractivity contribution in [1.82, 2.24) is 16.0 Å². The second kappa shape index (κ2) is 18.3. The summed E-state index contributed by atoms with van der Waals surface area (Å²) in [6.45, 7) is 3.74. The number of rotatable bonds is 20. The number of carboxylic acids is 2. The van der Waals surface area contributed by atoms with Crippen molar-refractivity contribution < 1.29 is 43.8 Å². The lowest BCUT2D eigenvalue weighted by atomic mass is 9.93. The van der Waals surface area contributed by atoms with Gasteiger partial charge >= 0.3 is 11.9 Å². The number of nitrogens with two attached hydrogens (primary N) is 1. The molecular formula is C29H42N4O9. The molecule has 4 atom stereocenters. The molecule has 232 valence electrons. The Bertz CT molecular complexity index is 1090. The van der Waals surface area contributed by atoms with Crippen molar-refractivity contribution in [2.45, 2.75) is 83.8 Å². The number of hydrogen-bond acceptors (Lipinski definition) is 8. The summed E-state index contributed by atoms with van der Waals surface area (Å²) in [5.74, 6) is -8.69. The molecule has 7 N–H and O–H groups in total. The molecule has 0 saturated heterocycles. The number of carboxylic acid groups (broad SMARTS) is 2. The Morgan fingerprint density at radius 1 is 0.786 bits per heavy atom. The van der Waals surface area contributed by atoms with Crippen LogP contribution in [0, 0.1) is 11.8 Å². The standard InChI is InChI=1S/C29H42N4O9/c1-17(2)26(33-28(41)20(16-30)27(40)22(15-25(38)39)31-18(3)34)29(42)32-21(14-24(36)37)23(35)13-9-5-8-12-19-10-6-4-7-11-19/h4,6-7,10-11,17,20-22,26H,5,8-9,12-16,30H2,1-3H3,(H,31,34)(H,32,42)(H,33,41)(H,36,37)(H,38,39)/t20?,21-,22-,26-/m0/s1. The molecule has 3 amide bonds. The molecular weight excluding hydrogens is 548 g/mol. The van der Waals surface area contributed by atoms with Crippen LogP contribution in [-0.4, -0.2) is 76.1 Å². The van der Waals surface area contributed by atoms with Crippen LogP contribution in [-0.2, 0) is 40.0 Å². The van der Waals surface area contributed by atoms with Gasteiger partial charge in [-0.2, -0.15) is 0 Å². The number of carbonyl (C=O) groups excluding carboxylic acids is 5. The van der Waals surface area contributed by atoms with Gasteiger partial charge in [0.1, 0.15) is 12.0 Å². The third-order valence-electron chi connectivity index (χ3n) is 6.56. The molecule has 0 saturated carbocycles. The van der Waals surface area contributed by atoms with E-state index in [4.69, 9.17) is 10.8 Å². The Morgan fingerprint density at radius 3 is 1.90 bits per heavy atom. The van der Waals surface area contributed by atoms with E-state index in [2.05, 4.69) is 16.0 Å². The van der Waals surface area contributed by atoms with Gasteiger partial charge in [0, 0.05) is 19.9 Å². The highest BCUT2D eigenvalue weighted by molar-refractivity contribution is 6.07. The van der Waals surface area contributed by atoms with E-state index in [0.29, 0.717) is 6.42 Å². The summed E-state index contributed by atoms with van der Waals surface area (Å²) in [4.78, 5) is 85.9. The summed E-state index contributed by atoms with van der Waals surface area (Å²) in [5, 5.41) is 25.4. The third kappa shape index (κ3) is 13.0. The minimum Gasteiger partial charge on any atom is -0.481 e. The topological polar surface area (TPSA) is 222 Å². The highest BCUT2D eigenvalue weighted by Crippen LogP contribution is 2.12. The predicted molar refractivity (Wildman–Crippen MR) is 152 cm³/mol. The Morgan fingerprint density at radius 2 is 1.38 bits per heavy atom. The van der Waals surface area contributed by atoms with Crippen molar-refractivity contribution >= 4 is 41.2 Å². The summed E-state index contributed by atoms with van der Waals surface area (Å²) in [6, 6.07) is 5.73. The molecule has 0 heterocycles. The molecule has 0 aliphatic rings. The number of ketones is 2. The summed E-state index contributed by atoms with van der Waals surface area (Å²) < 4.78 is 0. The Labute approximate surface area is 245 Å². The minimum atomic E-state index is -1.58. The van der Waals surface area contributed by atoms with Crippen LogP contribution in [0.3, 0.4) is 0 Å². The van der Waals surface area contributed by atoms with Crippen molar-refractivity contribution in [3.8, 4) is 0 Å². The molecule has 13 nitrogen and oxygen atoms in total. The van der Waals surface area contributed by atoms with E-state index >= 15 is 0 Å². The molecule has 13 heteroatoms. The first-order chi connectivity index (χ1) is 19.8. The molecule has 1 aromatic carbocycles. The van der Waals surface area contributed by atoms with Crippen LogP contribution in [0.5, 0.6) is 0 Å². The molecule has 0 spiro atoms. The predicted octanol–water partition coefficient (Wildman–Crippen LogP) is 0.582. The maximum absolute atomic E-state index is 13.1. The quantitative estimate of drug-likeness (QED) is 0.0915. The molecule has 0 aromatic heterocycles. The first-order valence-corrected chi connectivity index (χ1v) is 13.9. The van der Waals surface area contributed by atoms with Crippen molar-refractivity contribution in [3.63, 3.8) is 0 Å². The molecule has 0 fully saturated rings. The summed E-state index contributed by atoms with van der Waals surface area (Å²) in [6.07, 6.45) is 1.55. The minimum absolute atomic E-state index is 0.0591. The van der Waals surface area contributed by atoms with Crippen molar-refractivity contribution in [2.24, 2.45) is 17.6 Å². The summed E-state index contributed by atoms with van der Waals surface area (Å²) in [5.41, 5.74) is 6.80. The lowest BCUT2D eigenvalue weighted by Gasteiger charge is -2.27. The van der Waals surface area contributed by atoms with Crippen LogP contribution < -0.4 is 21.7 Å². The zero-order valence-electron chi connectivity index (χ0n) is 24.3. The Kier molecular flexibility index (Phi) is 15.7. The highest BCUT2D eigenvalue weighted by Gasteiger charge is 2.36. The SMILES string of the molecule is CC(=O)N[C@@H](CC(=O)O)C(=O)C(CN)C(=O)N[C@H](C(=O)N[C@@H](CC(=O)O)C(=O)CCCCCc1ccccc1)C(C)C. The summed E-state index contributed by atoms with van der Waals surface area (Å²) >= 11 is 0. The third-order valence-corrected chi connectivity index (χ3v) is 6.56. The number of carbonyl (C=O) groups is 7. The Hall–Kier alpha value is -4.13. The number of nitrogens with one attached hydrogen (secondary N) is 3. The largest absolute Gasteiger partial charge is 0.481 e. The van der Waals surface area contributed by atoms with Crippen LogP contribution in [0.4, 0.5) is 0 Å². The van der Waals surface area contributed by atoms with Crippen molar-refractivity contribution in [2.75, 3.05) is 6.54 Å². The second-order valence-electron chi connectivity index (χ2n) is 10.4. The number of hydrogen-bond donors (Lipinski definition) is 6. The zero-order chi connectivity index (χ0) is 31.8. The van der Waals surface area contributed by atoms with Crippen LogP contribution >= 0.6 is 0 Å². The zero-order valence-corrected chi connectivity index (χ0v) is 24.3. The van der Waals surface area contributed by atoms with E-state index in [1.165, 1.54) is 5.56 Å². The number of Topliss-reactive ketones (excluding diaryl/α,β-unsaturated/α-hetero) is 2. The molecule has 0 aliphatic carbocycles. The van der Waals surface area contributed by atoms with E-state index in [1.807, 2.05) is 30.3 Å². The smallest absolute Gasteiger partial charge is 0.305 e. The summed E-state index contributed by atoms with van der Waals surface area (Å²) in [7, 11) is 0. The van der Waals surface area contributed by atoms with Crippen molar-refractivity contribution in [3.05, 3.63) is 35.9 Å². The van der Waals surface area contributed by atoms with Crippen LogP contribution in [0.2, 0.25) is 0 Å². The van der Waals surface area contributed by atoms with Gasteiger partial charge in [0.05, 0.1) is 24.9 Å². The van der Waals surface area contributed by atoms with Gasteiger partial charge in [-0.25, -0.2) is 0 Å². The van der Waals surface area contributed by atoms with Gasteiger partial charge in [-0.1, -0.05) is 50.6 Å². The molecule has 1 unspecified atom stereocenters. The van der Waals surface area contributed by atoms with Gasteiger partial charge in [-0.05, 0) is 30.7 Å². The second-order valence-corrected chi connectivity index (χ2v) is 10.4.